The molecular formula is C14H9BF2N4O. The lowest BCUT2D eigenvalue weighted by Gasteiger charge is -2.01. The minimum Gasteiger partial charge on any atom is -0.489 e. The van der Waals surface area contributed by atoms with Crippen LogP contribution in [-0.2, 0) is 0 Å². The molecule has 4 aromatic heterocycles. The Bertz CT molecular complexity index is 933. The fourth-order valence-corrected chi connectivity index (χ4v) is 2.42. The number of aromatic nitrogens is 4. The first-order valence-corrected chi connectivity index (χ1v) is 6.58. The summed E-state index contributed by atoms with van der Waals surface area (Å²) in [6.07, 6.45) is 5.33. The van der Waals surface area contributed by atoms with Gasteiger partial charge in [0.15, 0.2) is 0 Å². The van der Waals surface area contributed by atoms with Crippen LogP contribution in [0.5, 0.6) is 5.88 Å². The molecule has 0 aliphatic rings. The molecular weight excluding hydrogens is 289 g/mol. The van der Waals surface area contributed by atoms with Crippen LogP contribution in [0.2, 0.25) is 0 Å². The monoisotopic (exact) mass is 298 g/mol. The van der Waals surface area contributed by atoms with Crippen molar-refractivity contribution >= 4 is 18.8 Å². The van der Waals surface area contributed by atoms with Crippen LogP contribution in [0.3, 0.4) is 0 Å². The Hall–Kier alpha value is -2.90. The molecule has 0 radical (unpaired) electrons. The van der Waals surface area contributed by atoms with Gasteiger partial charge < -0.3 is 9.06 Å². The van der Waals surface area contributed by atoms with Gasteiger partial charge in [0.05, 0.1) is 0 Å². The van der Waals surface area contributed by atoms with Crippen molar-refractivity contribution < 1.29 is 13.3 Å². The Morgan fingerprint density at radius 2 is 1.73 bits per heavy atom. The number of pyridine rings is 2. The molecule has 4 heterocycles. The number of hydrogen-bond donors (Lipinski definition) is 0. The first kappa shape index (κ1) is 12.8. The summed E-state index contributed by atoms with van der Waals surface area (Å²) in [7, 11) is -2.94. The fourth-order valence-electron chi connectivity index (χ4n) is 2.42. The van der Waals surface area contributed by atoms with E-state index in [0.717, 1.165) is 0 Å². The van der Waals surface area contributed by atoms with Gasteiger partial charge in [-0.15, -0.1) is 0 Å². The molecule has 5 nitrogen and oxygen atoms in total. The van der Waals surface area contributed by atoms with Crippen LogP contribution >= 0.6 is 0 Å². The normalized spacial score (nSPS) is 11.2. The summed E-state index contributed by atoms with van der Waals surface area (Å²) in [5, 5.41) is 0. The molecule has 0 saturated heterocycles. The maximum Gasteiger partial charge on any atom is 0.797 e. The van der Waals surface area contributed by atoms with Crippen molar-refractivity contribution in [3.05, 3.63) is 55.0 Å². The van der Waals surface area contributed by atoms with Crippen LogP contribution in [0.1, 0.15) is 0 Å². The molecule has 0 N–H and O–H groups in total. The van der Waals surface area contributed by atoms with E-state index in [0.29, 0.717) is 22.7 Å². The van der Waals surface area contributed by atoms with Crippen molar-refractivity contribution in [1.82, 2.24) is 18.8 Å². The molecule has 0 aliphatic carbocycles. The fraction of sp³-hybridized carbons (Fsp3) is 0. The Balaban J connectivity index is 1.98. The lowest BCUT2D eigenvalue weighted by atomic mass is 10.3. The average molecular weight is 298 g/mol. The van der Waals surface area contributed by atoms with Gasteiger partial charge in [-0.05, 0) is 24.3 Å². The van der Waals surface area contributed by atoms with Gasteiger partial charge >= 0.3 is 7.47 Å². The SMILES string of the molecule is FB(F)Oc1nc2ccccn2c1-c1cn2ccccc2n1. The predicted octanol–water partition coefficient (Wildman–Crippen LogP) is 2.95. The lowest BCUT2D eigenvalue weighted by molar-refractivity contribution is 0.418. The van der Waals surface area contributed by atoms with Gasteiger partial charge in [-0.1, -0.05) is 12.1 Å². The molecule has 108 valence electrons. The molecule has 0 spiro atoms. The van der Waals surface area contributed by atoms with Crippen LogP contribution in [0.15, 0.2) is 55.0 Å². The molecule has 0 aromatic carbocycles. The van der Waals surface area contributed by atoms with Gasteiger partial charge in [0, 0.05) is 18.6 Å². The summed E-state index contributed by atoms with van der Waals surface area (Å²) in [6.45, 7) is 0. The largest absolute Gasteiger partial charge is 0.797 e. The molecule has 22 heavy (non-hydrogen) atoms. The van der Waals surface area contributed by atoms with E-state index in [-0.39, 0.29) is 5.88 Å². The van der Waals surface area contributed by atoms with Crippen LogP contribution in [0.4, 0.5) is 8.63 Å². The van der Waals surface area contributed by atoms with E-state index in [1.165, 1.54) is 0 Å². The summed E-state index contributed by atoms with van der Waals surface area (Å²) >= 11 is 0. The minimum atomic E-state index is -2.94. The summed E-state index contributed by atoms with van der Waals surface area (Å²) < 4.78 is 33.4. The highest BCUT2D eigenvalue weighted by Crippen LogP contribution is 2.30. The molecule has 0 amide bonds. The van der Waals surface area contributed by atoms with Crippen molar-refractivity contribution in [2.24, 2.45) is 0 Å². The second-order valence-electron chi connectivity index (χ2n) is 4.67. The highest BCUT2D eigenvalue weighted by molar-refractivity contribution is 6.35. The zero-order valence-electron chi connectivity index (χ0n) is 11.2. The second kappa shape index (κ2) is 4.83. The lowest BCUT2D eigenvalue weighted by Crippen LogP contribution is -2.09. The van der Waals surface area contributed by atoms with Gasteiger partial charge in [0.1, 0.15) is 22.7 Å². The summed E-state index contributed by atoms with van der Waals surface area (Å²) in [4.78, 5) is 8.56. The maximum absolute atomic E-state index is 12.7. The van der Waals surface area contributed by atoms with Crippen molar-refractivity contribution in [2.45, 2.75) is 0 Å². The Labute approximate surface area is 124 Å². The number of fused-ring (bicyclic) bond motifs is 2. The molecule has 0 aliphatic heterocycles. The minimum absolute atomic E-state index is 0.135. The zero-order chi connectivity index (χ0) is 15.1. The number of halogens is 2. The quantitative estimate of drug-likeness (QED) is 0.546. The summed E-state index contributed by atoms with van der Waals surface area (Å²) in [6, 6.07) is 10.8. The molecule has 0 bridgehead atoms. The third-order valence-electron chi connectivity index (χ3n) is 3.31. The van der Waals surface area contributed by atoms with E-state index in [1.807, 2.05) is 28.8 Å². The van der Waals surface area contributed by atoms with E-state index in [4.69, 9.17) is 0 Å². The molecule has 4 rings (SSSR count). The topological polar surface area (TPSA) is 43.8 Å². The zero-order valence-corrected chi connectivity index (χ0v) is 11.2. The third kappa shape index (κ3) is 2.00. The Morgan fingerprint density at radius 1 is 0.955 bits per heavy atom. The van der Waals surface area contributed by atoms with E-state index < -0.39 is 7.47 Å². The van der Waals surface area contributed by atoms with E-state index in [9.17, 15) is 8.63 Å². The number of rotatable bonds is 3. The smallest absolute Gasteiger partial charge is 0.489 e. The number of imidazole rings is 2. The maximum atomic E-state index is 12.7. The van der Waals surface area contributed by atoms with Gasteiger partial charge in [0.25, 0.3) is 0 Å². The predicted molar refractivity (Wildman–Crippen MR) is 78.0 cm³/mol. The van der Waals surface area contributed by atoms with Crippen LogP contribution in [0, 0.1) is 0 Å². The van der Waals surface area contributed by atoms with Gasteiger partial charge in [-0.3, -0.25) is 4.40 Å². The van der Waals surface area contributed by atoms with E-state index >= 15 is 0 Å². The molecule has 0 atom stereocenters. The highest BCUT2D eigenvalue weighted by atomic mass is 19.2. The molecule has 0 fully saturated rings. The van der Waals surface area contributed by atoms with Gasteiger partial charge in [-0.2, -0.15) is 4.98 Å². The van der Waals surface area contributed by atoms with Crippen molar-refractivity contribution in [3.63, 3.8) is 0 Å². The van der Waals surface area contributed by atoms with Crippen molar-refractivity contribution in [3.8, 4) is 17.3 Å². The van der Waals surface area contributed by atoms with Crippen LogP contribution < -0.4 is 4.65 Å². The highest BCUT2D eigenvalue weighted by Gasteiger charge is 2.25. The molecule has 0 unspecified atom stereocenters. The molecule has 8 heteroatoms. The van der Waals surface area contributed by atoms with Crippen molar-refractivity contribution in [2.75, 3.05) is 0 Å². The van der Waals surface area contributed by atoms with Crippen molar-refractivity contribution in [1.29, 1.82) is 0 Å². The summed E-state index contributed by atoms with van der Waals surface area (Å²) in [5.41, 5.74) is 2.15. The molecule has 4 aromatic rings. The van der Waals surface area contributed by atoms with E-state index in [2.05, 4.69) is 14.6 Å². The van der Waals surface area contributed by atoms with Gasteiger partial charge in [-0.25, -0.2) is 13.6 Å². The first-order valence-electron chi connectivity index (χ1n) is 6.58. The average Bonchev–Trinajstić information content (AvgIpc) is 3.06. The number of hydrogen-bond acceptors (Lipinski definition) is 3. The van der Waals surface area contributed by atoms with Gasteiger partial charge in [0.2, 0.25) is 5.88 Å². The standard InChI is InChI=1S/C14H9BF2N4O/c16-15(17)22-14-13(21-8-4-2-6-12(21)19-14)10-9-20-7-3-1-5-11(20)18-10/h1-9H. The first-order chi connectivity index (χ1) is 10.7. The number of nitrogens with zero attached hydrogens (tertiary/aromatic N) is 4. The summed E-state index contributed by atoms with van der Waals surface area (Å²) in [5.74, 6) is -0.135. The third-order valence-corrected chi connectivity index (χ3v) is 3.31. The second-order valence-corrected chi connectivity index (χ2v) is 4.67. The van der Waals surface area contributed by atoms with E-state index in [1.54, 1.807) is 35.0 Å². The van der Waals surface area contributed by atoms with Crippen LogP contribution in [0.25, 0.3) is 22.7 Å². The van der Waals surface area contributed by atoms with Crippen LogP contribution in [-0.4, -0.2) is 26.2 Å². The molecule has 0 saturated carbocycles. The Morgan fingerprint density at radius 3 is 2.50 bits per heavy atom. The Kier molecular flexibility index (Phi) is 2.82.